The number of piperazine rings is 1. The number of nitrogens with one attached hydrogen (secondary N) is 1. The summed E-state index contributed by atoms with van der Waals surface area (Å²) < 4.78 is 29.6. The van der Waals surface area contributed by atoms with Gasteiger partial charge in [0, 0.05) is 26.2 Å². The van der Waals surface area contributed by atoms with Gasteiger partial charge in [-0.3, -0.25) is 4.90 Å². The summed E-state index contributed by atoms with van der Waals surface area (Å²) in [5, 5.41) is 22.0. The third-order valence-corrected chi connectivity index (χ3v) is 5.13. The van der Waals surface area contributed by atoms with Gasteiger partial charge in [-0.2, -0.15) is 0 Å². The highest BCUT2D eigenvalue weighted by molar-refractivity contribution is 14.1. The van der Waals surface area contributed by atoms with Crippen molar-refractivity contribution in [1.82, 2.24) is 10.2 Å². The highest BCUT2D eigenvalue weighted by Crippen LogP contribution is 2.39. The normalized spacial score (nSPS) is 17.9. The lowest BCUT2D eigenvalue weighted by Crippen LogP contribution is -2.51. The van der Waals surface area contributed by atoms with Gasteiger partial charge in [-0.05, 0) is 62.9 Å². The molecule has 1 fully saturated rings. The molecule has 0 spiro atoms. The third-order valence-electron chi connectivity index (χ3n) is 3.48. The summed E-state index contributed by atoms with van der Waals surface area (Å²) in [4.78, 5) is 1.69. The Bertz CT molecular complexity index is 494. The van der Waals surface area contributed by atoms with Crippen LogP contribution in [0.15, 0.2) is 12.1 Å². The van der Waals surface area contributed by atoms with Crippen molar-refractivity contribution in [3.8, 4) is 5.75 Å². The highest BCUT2D eigenvalue weighted by Gasteiger charge is 2.44. The molecule has 0 amide bonds. The number of phenolic OH excluding ortho intramolecular Hbond substituents is 1. The monoisotopic (exact) mass is 560 g/mol. The molecule has 1 aromatic carbocycles. The van der Waals surface area contributed by atoms with Gasteiger partial charge in [-0.1, -0.05) is 0 Å². The van der Waals surface area contributed by atoms with Crippen molar-refractivity contribution in [3.05, 3.63) is 24.8 Å². The average molecular weight is 561 g/mol. The maximum atomic E-state index is 14.3. The molecule has 0 bridgehead atoms. The molecule has 1 aromatic rings. The number of aliphatic hydroxyl groups excluding tert-OH is 1. The van der Waals surface area contributed by atoms with E-state index in [4.69, 9.17) is 5.11 Å². The first-order valence-electron chi connectivity index (χ1n) is 6.48. The van der Waals surface area contributed by atoms with Crippen molar-refractivity contribution in [2.45, 2.75) is 12.0 Å². The Labute approximate surface area is 161 Å². The van der Waals surface area contributed by atoms with Crippen LogP contribution in [0.3, 0.4) is 0 Å². The molecule has 1 atom stereocenters. The van der Waals surface area contributed by atoms with E-state index in [0.717, 1.165) is 0 Å². The fraction of sp³-hybridized carbons (Fsp3) is 0.538. The minimum atomic E-state index is -3.24. The van der Waals surface area contributed by atoms with Gasteiger partial charge in [-0.25, -0.2) is 8.78 Å². The van der Waals surface area contributed by atoms with Crippen LogP contribution < -0.4 is 5.32 Å². The van der Waals surface area contributed by atoms with Crippen molar-refractivity contribution in [2.75, 3.05) is 32.8 Å². The van der Waals surface area contributed by atoms with Gasteiger partial charge in [0.25, 0.3) is 5.92 Å². The van der Waals surface area contributed by atoms with E-state index in [1.807, 2.05) is 45.2 Å². The van der Waals surface area contributed by atoms with Crippen LogP contribution in [-0.4, -0.2) is 53.8 Å². The molecule has 9 heteroatoms. The van der Waals surface area contributed by atoms with Gasteiger partial charge < -0.3 is 15.5 Å². The summed E-state index contributed by atoms with van der Waals surface area (Å²) in [6.45, 7) is 1.08. The number of alkyl halides is 2. The van der Waals surface area contributed by atoms with Crippen LogP contribution in [0.4, 0.5) is 8.78 Å². The molecule has 1 aliphatic rings. The largest absolute Gasteiger partial charge is 0.506 e. The van der Waals surface area contributed by atoms with Crippen molar-refractivity contribution < 1.29 is 19.0 Å². The number of aromatic hydroxyl groups is 1. The van der Waals surface area contributed by atoms with Crippen LogP contribution in [0.25, 0.3) is 0 Å². The second kappa shape index (κ2) is 8.56. The summed E-state index contributed by atoms with van der Waals surface area (Å²) in [6, 6.07) is 1.94. The number of halogens is 5. The predicted molar refractivity (Wildman–Crippen MR) is 100 cm³/mol. The average Bonchev–Trinajstić information content (AvgIpc) is 2.46. The van der Waals surface area contributed by atoms with Crippen LogP contribution >= 0.6 is 57.6 Å². The fourth-order valence-electron chi connectivity index (χ4n) is 2.49. The first-order chi connectivity index (χ1) is 9.86. The van der Waals surface area contributed by atoms with E-state index in [0.29, 0.717) is 38.9 Å². The Balaban J connectivity index is 0.00000242. The molecule has 1 saturated heterocycles. The maximum Gasteiger partial charge on any atom is 0.289 e. The molecule has 1 heterocycles. The van der Waals surface area contributed by atoms with E-state index < -0.39 is 18.6 Å². The molecule has 126 valence electrons. The lowest BCUT2D eigenvalue weighted by molar-refractivity contribution is -0.118. The zero-order chi connectivity index (χ0) is 15.6. The van der Waals surface area contributed by atoms with Gasteiger partial charge in [0.1, 0.15) is 18.4 Å². The minimum absolute atomic E-state index is 0. The van der Waals surface area contributed by atoms with Crippen molar-refractivity contribution in [1.29, 1.82) is 0 Å². The molecular formula is C13H17ClF2I2N2O2. The summed E-state index contributed by atoms with van der Waals surface area (Å²) in [5.41, 5.74) is 0.419. The van der Waals surface area contributed by atoms with Gasteiger partial charge in [0.2, 0.25) is 0 Å². The SMILES string of the molecule is Cl.OCC(F)(F)[C@@H](c1cc(I)c(O)c(I)c1)N1CCNCC1. The lowest BCUT2D eigenvalue weighted by Gasteiger charge is -2.39. The number of hydrogen-bond donors (Lipinski definition) is 3. The first kappa shape index (κ1) is 20.6. The number of rotatable bonds is 4. The standard InChI is InChI=1S/C13H16F2I2N2O2.ClH/c14-13(15,7-20)12(19-3-1-18-2-4-19)8-5-9(16)11(21)10(17)6-8;/h5-6,12,18,20-21H,1-4,7H2;1H/t12-;/m1./s1. The highest BCUT2D eigenvalue weighted by atomic mass is 127. The smallest absolute Gasteiger partial charge is 0.289 e. The van der Waals surface area contributed by atoms with Crippen LogP contribution in [0, 0.1) is 7.14 Å². The van der Waals surface area contributed by atoms with E-state index >= 15 is 0 Å². The summed E-state index contributed by atoms with van der Waals surface area (Å²) in [6.07, 6.45) is 0. The predicted octanol–water partition coefficient (Wildman–Crippen LogP) is 2.60. The Kier molecular flexibility index (Phi) is 8.00. The van der Waals surface area contributed by atoms with E-state index in [1.54, 1.807) is 17.0 Å². The van der Waals surface area contributed by atoms with Gasteiger partial charge >= 0.3 is 0 Å². The molecule has 4 nitrogen and oxygen atoms in total. The van der Waals surface area contributed by atoms with Crippen LogP contribution in [-0.2, 0) is 0 Å². The first-order valence-corrected chi connectivity index (χ1v) is 8.64. The van der Waals surface area contributed by atoms with Gasteiger partial charge in [0.05, 0.1) is 7.14 Å². The Morgan fingerprint density at radius 2 is 1.73 bits per heavy atom. The topological polar surface area (TPSA) is 55.7 Å². The molecule has 22 heavy (non-hydrogen) atoms. The lowest BCUT2D eigenvalue weighted by atomic mass is 9.98. The summed E-state index contributed by atoms with van der Waals surface area (Å²) in [7, 11) is 0. The Hall–Kier alpha value is 0.510. The summed E-state index contributed by atoms with van der Waals surface area (Å²) >= 11 is 3.85. The molecule has 3 N–H and O–H groups in total. The second-order valence-corrected chi connectivity index (χ2v) is 7.27. The molecule has 0 unspecified atom stereocenters. The molecule has 2 rings (SSSR count). The zero-order valence-corrected chi connectivity index (χ0v) is 16.7. The van der Waals surface area contributed by atoms with Crippen molar-refractivity contribution >= 4 is 57.6 Å². The Morgan fingerprint density at radius 3 is 2.18 bits per heavy atom. The van der Waals surface area contributed by atoms with E-state index in [2.05, 4.69) is 5.32 Å². The van der Waals surface area contributed by atoms with Crippen molar-refractivity contribution in [2.24, 2.45) is 0 Å². The zero-order valence-electron chi connectivity index (χ0n) is 11.5. The molecule has 0 saturated carbocycles. The molecule has 1 aliphatic heterocycles. The molecular weight excluding hydrogens is 543 g/mol. The minimum Gasteiger partial charge on any atom is -0.506 e. The summed E-state index contributed by atoms with van der Waals surface area (Å²) in [5.74, 6) is -3.13. The van der Waals surface area contributed by atoms with Crippen LogP contribution in [0.5, 0.6) is 5.75 Å². The van der Waals surface area contributed by atoms with E-state index in [9.17, 15) is 13.9 Å². The van der Waals surface area contributed by atoms with Gasteiger partial charge in [-0.15, -0.1) is 12.4 Å². The van der Waals surface area contributed by atoms with E-state index in [1.165, 1.54) is 0 Å². The second-order valence-electron chi connectivity index (χ2n) is 4.94. The molecule has 0 aromatic heterocycles. The number of hydrogen-bond acceptors (Lipinski definition) is 4. The fourth-order valence-corrected chi connectivity index (χ4v) is 4.31. The maximum absolute atomic E-state index is 14.3. The number of nitrogens with zero attached hydrogens (tertiary/aromatic N) is 1. The third kappa shape index (κ3) is 4.53. The number of benzene rings is 1. The van der Waals surface area contributed by atoms with Crippen LogP contribution in [0.2, 0.25) is 0 Å². The van der Waals surface area contributed by atoms with Crippen molar-refractivity contribution in [3.63, 3.8) is 0 Å². The molecule has 0 aliphatic carbocycles. The van der Waals surface area contributed by atoms with Crippen LogP contribution in [0.1, 0.15) is 11.6 Å². The number of phenols is 1. The Morgan fingerprint density at radius 1 is 1.23 bits per heavy atom. The molecule has 0 radical (unpaired) electrons. The van der Waals surface area contributed by atoms with E-state index in [-0.39, 0.29) is 18.2 Å². The number of aliphatic hydroxyl groups is 1. The van der Waals surface area contributed by atoms with Gasteiger partial charge in [0.15, 0.2) is 0 Å². The quantitative estimate of drug-likeness (QED) is 0.496.